The maximum atomic E-state index is 0. The zero-order chi connectivity index (χ0) is 0. The second-order valence-corrected chi connectivity index (χ2v) is 0. The van der Waals surface area contributed by atoms with Crippen LogP contribution in [0.1, 0.15) is 0 Å². The van der Waals surface area contributed by atoms with Crippen molar-refractivity contribution in [3.05, 3.63) is 0 Å². The minimum absolute atomic E-state index is 0. The molecule has 4 heavy (non-hydrogen) atoms. The summed E-state index contributed by atoms with van der Waals surface area (Å²) in [4.78, 5) is 0. The van der Waals surface area contributed by atoms with Crippen molar-refractivity contribution >= 4 is 0 Å². The minimum Gasteiger partial charge on any atom is 0 e. The molecule has 0 aliphatic heterocycles. The van der Waals surface area contributed by atoms with Gasteiger partial charge in [-0.3, -0.25) is 0 Å². The molecule has 0 bridgehead atoms. The van der Waals surface area contributed by atoms with Crippen molar-refractivity contribution in [3.8, 4) is 0 Å². The largest absolute Gasteiger partial charge is 0 e. The van der Waals surface area contributed by atoms with E-state index >= 15 is 0 Å². The van der Waals surface area contributed by atoms with Crippen molar-refractivity contribution in [1.82, 2.24) is 0 Å². The van der Waals surface area contributed by atoms with Crippen LogP contribution in [0, 0.1) is 0 Å². The summed E-state index contributed by atoms with van der Waals surface area (Å²) in [6, 6.07) is 0. The number of hydrogen-bond donors (Lipinski definition) is 0. The Bertz CT molecular complexity index is 3.25. The molecular formula is IrNb3. The Labute approximate surface area is 85.7 Å². The predicted molar refractivity (Wildman–Crippen MR) is 0 cm³/mol. The molecule has 0 aromatic rings. The van der Waals surface area contributed by atoms with Gasteiger partial charge in [0.1, 0.15) is 0 Å². The third-order valence-corrected chi connectivity index (χ3v) is 0. The molecule has 0 aliphatic carbocycles. The van der Waals surface area contributed by atoms with Gasteiger partial charge < -0.3 is 0 Å². The maximum Gasteiger partial charge on any atom is 0 e. The van der Waals surface area contributed by atoms with Crippen LogP contribution < -0.4 is 0 Å². The van der Waals surface area contributed by atoms with Crippen molar-refractivity contribution in [2.75, 3.05) is 0 Å². The first kappa shape index (κ1) is 28.7. The van der Waals surface area contributed by atoms with Crippen molar-refractivity contribution in [2.24, 2.45) is 0 Å². The summed E-state index contributed by atoms with van der Waals surface area (Å²) < 4.78 is 0. The van der Waals surface area contributed by atoms with E-state index in [4.69, 9.17) is 0 Å². The van der Waals surface area contributed by atoms with Gasteiger partial charge in [-0.2, -0.15) is 0 Å². The molecule has 0 aromatic heterocycles. The van der Waals surface area contributed by atoms with E-state index in [-0.39, 0.29) is 87.2 Å². The van der Waals surface area contributed by atoms with Gasteiger partial charge in [-0.05, 0) is 0 Å². The van der Waals surface area contributed by atoms with E-state index in [0.29, 0.717) is 0 Å². The molecular weight excluding hydrogens is 471 g/mol. The van der Waals surface area contributed by atoms with Crippen LogP contribution in [0.3, 0.4) is 0 Å². The molecule has 0 spiro atoms. The van der Waals surface area contributed by atoms with E-state index in [2.05, 4.69) is 0 Å². The molecule has 0 fully saturated rings. The summed E-state index contributed by atoms with van der Waals surface area (Å²) in [7, 11) is 0. The van der Waals surface area contributed by atoms with Crippen molar-refractivity contribution in [2.45, 2.75) is 0 Å². The Balaban J connectivity index is 0. The van der Waals surface area contributed by atoms with E-state index in [0.717, 1.165) is 0 Å². The smallest absolute Gasteiger partial charge is 0 e. The summed E-state index contributed by atoms with van der Waals surface area (Å²) >= 11 is 0. The summed E-state index contributed by atoms with van der Waals surface area (Å²) in [5, 5.41) is 0. The summed E-state index contributed by atoms with van der Waals surface area (Å²) in [6.07, 6.45) is 0. The van der Waals surface area contributed by atoms with Gasteiger partial charge in [0.05, 0.1) is 0 Å². The topological polar surface area (TPSA) is 0 Å². The van der Waals surface area contributed by atoms with Crippen LogP contribution in [-0.4, -0.2) is 0 Å². The SMILES string of the molecule is [Ir].[Nb].[Nb].[Nb]. The third kappa shape index (κ3) is 8.85. The van der Waals surface area contributed by atoms with Crippen LogP contribution in [0.4, 0.5) is 0 Å². The van der Waals surface area contributed by atoms with E-state index < -0.39 is 0 Å². The number of hydrogen-bond acceptors (Lipinski definition) is 0. The average Bonchev–Trinajstić information content (AvgIpc) is 0. The Morgan fingerprint density at radius 2 is 0.500 bits per heavy atom. The Morgan fingerprint density at radius 1 is 0.500 bits per heavy atom. The molecule has 0 saturated carbocycles. The predicted octanol–water partition coefficient (Wildman–Crippen LogP) is -0.0100. The van der Waals surface area contributed by atoms with Crippen LogP contribution in [0.25, 0.3) is 0 Å². The van der Waals surface area contributed by atoms with Gasteiger partial charge in [-0.1, -0.05) is 0 Å². The van der Waals surface area contributed by atoms with Crippen LogP contribution in [0.2, 0.25) is 0 Å². The summed E-state index contributed by atoms with van der Waals surface area (Å²) in [6.45, 7) is 0. The first-order valence-electron chi connectivity index (χ1n) is 0. The molecule has 0 heterocycles. The van der Waals surface area contributed by atoms with Crippen molar-refractivity contribution in [1.29, 1.82) is 0 Å². The van der Waals surface area contributed by atoms with Gasteiger partial charge in [0, 0.05) is 87.2 Å². The fourth-order valence-electron chi connectivity index (χ4n) is 0. The molecule has 0 aromatic carbocycles. The van der Waals surface area contributed by atoms with E-state index in [1.807, 2.05) is 0 Å². The molecule has 0 amide bonds. The van der Waals surface area contributed by atoms with Gasteiger partial charge >= 0.3 is 0 Å². The van der Waals surface area contributed by atoms with E-state index in [1.54, 1.807) is 0 Å². The third-order valence-electron chi connectivity index (χ3n) is 0. The first-order valence-corrected chi connectivity index (χ1v) is 0. The molecule has 0 saturated heterocycles. The molecule has 4 heteroatoms. The minimum atomic E-state index is 0. The van der Waals surface area contributed by atoms with Crippen LogP contribution in [-0.2, 0) is 87.2 Å². The van der Waals surface area contributed by atoms with Gasteiger partial charge in [-0.25, -0.2) is 0 Å². The molecule has 4 radical (unpaired) electrons. The van der Waals surface area contributed by atoms with Gasteiger partial charge in [-0.15, -0.1) is 0 Å². The molecule has 24 valence electrons. The number of rotatable bonds is 0. The van der Waals surface area contributed by atoms with Crippen molar-refractivity contribution in [3.63, 3.8) is 0 Å². The molecule has 0 atom stereocenters. The van der Waals surface area contributed by atoms with E-state index in [9.17, 15) is 0 Å². The second-order valence-electron chi connectivity index (χ2n) is 0. The zero-order valence-corrected chi connectivity index (χ0v) is 10.7. The molecule has 0 aliphatic rings. The van der Waals surface area contributed by atoms with Crippen molar-refractivity contribution < 1.29 is 87.2 Å². The van der Waals surface area contributed by atoms with Gasteiger partial charge in [0.15, 0.2) is 0 Å². The van der Waals surface area contributed by atoms with Crippen LogP contribution >= 0.6 is 0 Å². The average molecular weight is 471 g/mol. The Hall–Kier alpha value is 2.87. The van der Waals surface area contributed by atoms with Crippen LogP contribution in [0.5, 0.6) is 0 Å². The fourth-order valence-corrected chi connectivity index (χ4v) is 0. The molecule has 0 rings (SSSR count). The summed E-state index contributed by atoms with van der Waals surface area (Å²) in [5.74, 6) is 0. The normalized spacial score (nSPS) is 0. The van der Waals surface area contributed by atoms with Crippen LogP contribution in [0.15, 0.2) is 0 Å². The first-order chi connectivity index (χ1) is 0. The zero-order valence-electron chi connectivity index (χ0n) is 1.67. The monoisotopic (exact) mass is 472 g/mol. The van der Waals surface area contributed by atoms with E-state index in [1.165, 1.54) is 0 Å². The second kappa shape index (κ2) is 16.9. The van der Waals surface area contributed by atoms with Gasteiger partial charge in [0.2, 0.25) is 0 Å². The molecule has 0 nitrogen and oxygen atoms in total. The Morgan fingerprint density at radius 3 is 0.500 bits per heavy atom. The molecule has 0 N–H and O–H groups in total. The maximum absolute atomic E-state index is 0. The fraction of sp³-hybridized carbons (Fsp3) is 0. The Kier molecular flexibility index (Phi) is 121. The van der Waals surface area contributed by atoms with Gasteiger partial charge in [0.25, 0.3) is 0 Å². The summed E-state index contributed by atoms with van der Waals surface area (Å²) in [5.41, 5.74) is 0. The molecule has 0 unspecified atom stereocenters. The quantitative estimate of drug-likeness (QED) is 0.437. The standard InChI is InChI=1S/Ir.3Nb.